The number of amides is 2. The first-order valence-electron chi connectivity index (χ1n) is 10.7. The van der Waals surface area contributed by atoms with Crippen molar-refractivity contribution in [1.82, 2.24) is 10.2 Å². The number of carbonyl (C=O) groups is 2. The molecule has 0 spiro atoms. The Bertz CT molecular complexity index is 1110. The molecule has 0 bridgehead atoms. The minimum atomic E-state index is -3.84. The first-order chi connectivity index (χ1) is 15.7. The maximum absolute atomic E-state index is 13.4. The first-order valence-corrected chi connectivity index (χ1v) is 12.5. The quantitative estimate of drug-likeness (QED) is 0.580. The summed E-state index contributed by atoms with van der Waals surface area (Å²) < 4.78 is 44.7. The van der Waals surface area contributed by atoms with Crippen LogP contribution < -0.4 is 14.4 Å². The number of nitrogens with one attached hydrogen (secondary N) is 1. The van der Waals surface area contributed by atoms with Gasteiger partial charge in [-0.05, 0) is 57.5 Å². The molecule has 2 rings (SSSR count). The SMILES string of the molecule is COc1cccc(N(CC(=O)N(Cc2ccc(F)cc2)[C@H](C)C(=O)NC(C)(C)C)S(C)(=O)=O)c1. The van der Waals surface area contributed by atoms with Crippen LogP contribution in [0.5, 0.6) is 5.75 Å². The number of halogens is 1. The molecule has 2 amide bonds. The lowest BCUT2D eigenvalue weighted by Crippen LogP contribution is -2.54. The van der Waals surface area contributed by atoms with Crippen molar-refractivity contribution in [1.29, 1.82) is 0 Å². The van der Waals surface area contributed by atoms with Gasteiger partial charge in [0.05, 0.1) is 19.1 Å². The molecule has 34 heavy (non-hydrogen) atoms. The number of ether oxygens (including phenoxy) is 1. The molecule has 0 unspecified atom stereocenters. The molecule has 1 N–H and O–H groups in total. The number of anilines is 1. The molecule has 8 nitrogen and oxygen atoms in total. The van der Waals surface area contributed by atoms with E-state index in [4.69, 9.17) is 4.74 Å². The van der Waals surface area contributed by atoms with Crippen LogP contribution in [0.2, 0.25) is 0 Å². The van der Waals surface area contributed by atoms with Gasteiger partial charge in [-0.25, -0.2) is 12.8 Å². The van der Waals surface area contributed by atoms with Gasteiger partial charge < -0.3 is 15.0 Å². The van der Waals surface area contributed by atoms with Crippen LogP contribution in [-0.4, -0.2) is 56.6 Å². The van der Waals surface area contributed by atoms with E-state index in [9.17, 15) is 22.4 Å². The largest absolute Gasteiger partial charge is 0.497 e. The van der Waals surface area contributed by atoms with E-state index < -0.39 is 45.8 Å². The third-order valence-corrected chi connectivity index (χ3v) is 6.09. The van der Waals surface area contributed by atoms with E-state index >= 15 is 0 Å². The van der Waals surface area contributed by atoms with Crippen molar-refractivity contribution in [2.75, 3.05) is 24.2 Å². The van der Waals surface area contributed by atoms with E-state index in [0.29, 0.717) is 11.3 Å². The zero-order valence-electron chi connectivity index (χ0n) is 20.3. The van der Waals surface area contributed by atoms with E-state index in [0.717, 1.165) is 10.6 Å². The van der Waals surface area contributed by atoms with Crippen LogP contribution in [0.15, 0.2) is 48.5 Å². The lowest BCUT2D eigenvalue weighted by Gasteiger charge is -2.33. The summed E-state index contributed by atoms with van der Waals surface area (Å²) >= 11 is 0. The molecule has 0 aliphatic carbocycles. The fourth-order valence-electron chi connectivity index (χ4n) is 3.22. The van der Waals surface area contributed by atoms with Gasteiger partial charge in [-0.3, -0.25) is 13.9 Å². The molecule has 0 saturated carbocycles. The zero-order chi connectivity index (χ0) is 25.7. The van der Waals surface area contributed by atoms with E-state index in [1.54, 1.807) is 25.1 Å². The molecule has 0 fully saturated rings. The van der Waals surface area contributed by atoms with Gasteiger partial charge in [-0.2, -0.15) is 0 Å². The lowest BCUT2D eigenvalue weighted by atomic mass is 10.1. The second-order valence-corrected chi connectivity index (χ2v) is 10.9. The number of nitrogens with zero attached hydrogens (tertiary/aromatic N) is 2. The van der Waals surface area contributed by atoms with E-state index in [2.05, 4.69) is 5.32 Å². The van der Waals surface area contributed by atoms with Crippen molar-refractivity contribution in [3.63, 3.8) is 0 Å². The monoisotopic (exact) mass is 493 g/mol. The summed E-state index contributed by atoms with van der Waals surface area (Å²) in [6.45, 7) is 6.49. The maximum Gasteiger partial charge on any atom is 0.244 e. The second-order valence-electron chi connectivity index (χ2n) is 9.03. The number of methoxy groups -OCH3 is 1. The Morgan fingerprint density at radius 1 is 1.12 bits per heavy atom. The van der Waals surface area contributed by atoms with Gasteiger partial charge in [-0.15, -0.1) is 0 Å². The van der Waals surface area contributed by atoms with Gasteiger partial charge in [0.15, 0.2) is 0 Å². The van der Waals surface area contributed by atoms with Crippen LogP contribution in [-0.2, 0) is 26.2 Å². The van der Waals surface area contributed by atoms with Gasteiger partial charge in [0.1, 0.15) is 24.2 Å². The van der Waals surface area contributed by atoms with Crippen molar-refractivity contribution in [2.24, 2.45) is 0 Å². The van der Waals surface area contributed by atoms with Crippen LogP contribution in [0.4, 0.5) is 10.1 Å². The molecule has 10 heteroatoms. The average Bonchev–Trinajstić information content (AvgIpc) is 2.74. The lowest BCUT2D eigenvalue weighted by molar-refractivity contribution is -0.140. The van der Waals surface area contributed by atoms with Gasteiger partial charge in [0.2, 0.25) is 21.8 Å². The maximum atomic E-state index is 13.4. The molecule has 186 valence electrons. The highest BCUT2D eigenvalue weighted by Crippen LogP contribution is 2.24. The third kappa shape index (κ3) is 7.72. The summed E-state index contributed by atoms with van der Waals surface area (Å²) in [5.41, 5.74) is 0.316. The topological polar surface area (TPSA) is 96.0 Å². The molecule has 1 atom stereocenters. The summed E-state index contributed by atoms with van der Waals surface area (Å²) in [4.78, 5) is 27.6. The van der Waals surface area contributed by atoms with Crippen molar-refractivity contribution in [3.8, 4) is 5.75 Å². The summed E-state index contributed by atoms with van der Waals surface area (Å²) in [6, 6.07) is 11.0. The molecule has 0 radical (unpaired) electrons. The molecule has 0 aliphatic heterocycles. The first kappa shape index (κ1) is 27.1. The molecule has 0 aromatic heterocycles. The Morgan fingerprint density at radius 3 is 2.26 bits per heavy atom. The molecule has 0 saturated heterocycles. The number of hydrogen-bond acceptors (Lipinski definition) is 5. The fraction of sp³-hybridized carbons (Fsp3) is 0.417. The molecule has 2 aromatic carbocycles. The predicted octanol–water partition coefficient (Wildman–Crippen LogP) is 2.93. The number of rotatable bonds is 9. The van der Waals surface area contributed by atoms with Crippen molar-refractivity contribution >= 4 is 27.5 Å². The van der Waals surface area contributed by atoms with Crippen molar-refractivity contribution in [2.45, 2.75) is 45.8 Å². The Morgan fingerprint density at radius 2 is 1.74 bits per heavy atom. The summed E-state index contributed by atoms with van der Waals surface area (Å²) in [5.74, 6) is -0.981. The molecule has 2 aromatic rings. The summed E-state index contributed by atoms with van der Waals surface area (Å²) in [5, 5.41) is 2.84. The van der Waals surface area contributed by atoms with E-state index in [-0.39, 0.29) is 12.2 Å². The molecule has 0 aliphatic rings. The Hall–Kier alpha value is -3.14. The van der Waals surface area contributed by atoms with Crippen LogP contribution in [0.25, 0.3) is 0 Å². The van der Waals surface area contributed by atoms with Crippen molar-refractivity contribution < 1.29 is 27.1 Å². The third-order valence-electron chi connectivity index (χ3n) is 4.95. The highest BCUT2D eigenvalue weighted by Gasteiger charge is 2.31. The normalized spacial score (nSPS) is 12.6. The molecular weight excluding hydrogens is 461 g/mol. The predicted molar refractivity (Wildman–Crippen MR) is 129 cm³/mol. The van der Waals surface area contributed by atoms with Crippen molar-refractivity contribution in [3.05, 3.63) is 59.9 Å². The Kier molecular flexibility index (Phi) is 8.66. The highest BCUT2D eigenvalue weighted by molar-refractivity contribution is 7.92. The Balaban J connectivity index is 2.41. The summed E-state index contributed by atoms with van der Waals surface area (Å²) in [6.07, 6.45) is 1.000. The van der Waals surface area contributed by atoms with Crippen LogP contribution in [0.1, 0.15) is 33.3 Å². The molecular formula is C24H32FN3O5S. The van der Waals surface area contributed by atoms with Gasteiger partial charge in [0.25, 0.3) is 0 Å². The number of carbonyl (C=O) groups excluding carboxylic acids is 2. The number of hydrogen-bond donors (Lipinski definition) is 1. The number of benzene rings is 2. The Labute approximate surface area is 200 Å². The highest BCUT2D eigenvalue weighted by atomic mass is 32.2. The van der Waals surface area contributed by atoms with E-state index in [1.165, 1.54) is 42.3 Å². The zero-order valence-corrected chi connectivity index (χ0v) is 21.1. The average molecular weight is 494 g/mol. The minimum Gasteiger partial charge on any atom is -0.497 e. The standard InChI is InChI=1S/C24H32FN3O5S/c1-17(23(30)26-24(2,3)4)27(15-18-10-12-19(25)13-11-18)22(29)16-28(34(6,31)32)20-8-7-9-21(14-20)33-5/h7-14,17H,15-16H2,1-6H3,(H,26,30)/t17-/m1/s1. The van der Waals surface area contributed by atoms with Gasteiger partial charge in [0, 0.05) is 18.2 Å². The smallest absolute Gasteiger partial charge is 0.244 e. The second kappa shape index (κ2) is 10.9. The van der Waals surface area contributed by atoms with Crippen LogP contribution >= 0.6 is 0 Å². The minimum absolute atomic E-state index is 0.00639. The van der Waals surface area contributed by atoms with Crippen LogP contribution in [0, 0.1) is 5.82 Å². The van der Waals surface area contributed by atoms with Gasteiger partial charge >= 0.3 is 0 Å². The van der Waals surface area contributed by atoms with Crippen LogP contribution in [0.3, 0.4) is 0 Å². The van der Waals surface area contributed by atoms with E-state index in [1.807, 2.05) is 20.8 Å². The van der Waals surface area contributed by atoms with Gasteiger partial charge in [-0.1, -0.05) is 18.2 Å². The number of sulfonamides is 1. The fourth-order valence-corrected chi connectivity index (χ4v) is 4.06. The molecule has 0 heterocycles. The summed E-state index contributed by atoms with van der Waals surface area (Å²) in [7, 11) is -2.39.